The quantitative estimate of drug-likeness (QED) is 0.576. The van der Waals surface area contributed by atoms with Gasteiger partial charge in [-0.05, 0) is 24.2 Å². The van der Waals surface area contributed by atoms with Gasteiger partial charge in [-0.15, -0.1) is 0 Å². The van der Waals surface area contributed by atoms with Gasteiger partial charge in [-0.2, -0.15) is 0 Å². The molecule has 1 rings (SSSR count). The third kappa shape index (κ3) is 4.35. The zero-order chi connectivity index (χ0) is 13.8. The summed E-state index contributed by atoms with van der Waals surface area (Å²) in [6.07, 6.45) is 5.86. The van der Waals surface area contributed by atoms with E-state index in [-0.39, 0.29) is 17.6 Å². The first-order valence-corrected chi connectivity index (χ1v) is 9.39. The van der Waals surface area contributed by atoms with E-state index in [0.717, 1.165) is 6.42 Å². The van der Waals surface area contributed by atoms with Crippen molar-refractivity contribution in [1.82, 2.24) is 0 Å². The van der Waals surface area contributed by atoms with E-state index in [9.17, 15) is 0 Å². The molecule has 0 aromatic rings. The highest BCUT2D eigenvalue weighted by atomic mass is 28.4. The van der Waals surface area contributed by atoms with Gasteiger partial charge in [-0.25, -0.2) is 0 Å². The molecule has 0 fully saturated rings. The molecule has 0 saturated heterocycles. The second-order valence-electron chi connectivity index (χ2n) is 6.09. The molecule has 0 aromatic heterocycles. The molecule has 0 aliphatic carbocycles. The van der Waals surface area contributed by atoms with Crippen molar-refractivity contribution in [3.05, 3.63) is 24.8 Å². The SMILES string of the molecule is C=CC1OC/C=C\C[C@H](O[Si](C)(C)C(C)(C)C)O1. The monoisotopic (exact) mass is 270 g/mol. The molecule has 4 heteroatoms. The van der Waals surface area contributed by atoms with Crippen molar-refractivity contribution in [2.45, 2.75) is 57.9 Å². The molecule has 0 bridgehead atoms. The zero-order valence-electron chi connectivity index (χ0n) is 12.2. The van der Waals surface area contributed by atoms with E-state index in [1.54, 1.807) is 6.08 Å². The van der Waals surface area contributed by atoms with E-state index in [0.29, 0.717) is 6.61 Å². The molecule has 1 unspecified atom stereocenters. The Kier molecular flexibility index (Phi) is 5.34. The summed E-state index contributed by atoms with van der Waals surface area (Å²) in [5.74, 6) is 0. The van der Waals surface area contributed by atoms with Gasteiger partial charge in [0.25, 0.3) is 0 Å². The van der Waals surface area contributed by atoms with Gasteiger partial charge in [-0.1, -0.05) is 39.5 Å². The molecule has 0 spiro atoms. The smallest absolute Gasteiger partial charge is 0.195 e. The van der Waals surface area contributed by atoms with Crippen molar-refractivity contribution in [3.8, 4) is 0 Å². The lowest BCUT2D eigenvalue weighted by Crippen LogP contribution is -2.45. The Morgan fingerprint density at radius 3 is 2.56 bits per heavy atom. The topological polar surface area (TPSA) is 27.7 Å². The van der Waals surface area contributed by atoms with Gasteiger partial charge < -0.3 is 13.9 Å². The van der Waals surface area contributed by atoms with E-state index in [1.165, 1.54) is 0 Å². The van der Waals surface area contributed by atoms with Crippen LogP contribution in [-0.4, -0.2) is 27.5 Å². The number of rotatable bonds is 3. The summed E-state index contributed by atoms with van der Waals surface area (Å²) in [6.45, 7) is 15.4. The van der Waals surface area contributed by atoms with Crippen LogP contribution in [0.25, 0.3) is 0 Å². The highest BCUT2D eigenvalue weighted by Gasteiger charge is 2.39. The van der Waals surface area contributed by atoms with Gasteiger partial charge in [-0.3, -0.25) is 0 Å². The van der Waals surface area contributed by atoms with Gasteiger partial charge in [0.05, 0.1) is 6.61 Å². The molecule has 1 aliphatic heterocycles. The summed E-state index contributed by atoms with van der Waals surface area (Å²) >= 11 is 0. The minimum absolute atomic E-state index is 0.174. The Morgan fingerprint density at radius 2 is 2.00 bits per heavy atom. The van der Waals surface area contributed by atoms with Crippen molar-refractivity contribution >= 4 is 8.32 Å². The lowest BCUT2D eigenvalue weighted by Gasteiger charge is -2.39. The number of hydrogen-bond acceptors (Lipinski definition) is 3. The van der Waals surface area contributed by atoms with Gasteiger partial charge in [0.2, 0.25) is 0 Å². The van der Waals surface area contributed by atoms with Crippen LogP contribution in [0.2, 0.25) is 18.1 Å². The van der Waals surface area contributed by atoms with E-state index in [4.69, 9.17) is 13.9 Å². The maximum absolute atomic E-state index is 6.25. The maximum Gasteiger partial charge on any atom is 0.195 e. The molecule has 0 radical (unpaired) electrons. The highest BCUT2D eigenvalue weighted by Crippen LogP contribution is 2.38. The van der Waals surface area contributed by atoms with Crippen LogP contribution >= 0.6 is 0 Å². The largest absolute Gasteiger partial charge is 0.392 e. The van der Waals surface area contributed by atoms with Gasteiger partial charge in [0.15, 0.2) is 20.9 Å². The highest BCUT2D eigenvalue weighted by molar-refractivity contribution is 6.74. The molecule has 0 N–H and O–H groups in total. The normalized spacial score (nSPS) is 28.3. The predicted octanol–water partition coefficient (Wildman–Crippen LogP) is 3.84. The van der Waals surface area contributed by atoms with E-state index in [1.807, 2.05) is 6.08 Å². The minimum Gasteiger partial charge on any atom is -0.392 e. The zero-order valence-corrected chi connectivity index (χ0v) is 13.2. The molecule has 3 nitrogen and oxygen atoms in total. The molecule has 0 aromatic carbocycles. The standard InChI is InChI=1S/C14H26O3Si/c1-7-12-15-11-9-8-10-13(16-12)17-18(5,6)14(2,3)4/h7-9,12-13H,1,10-11H2,2-6H3/b9-8-/t12?,13-/m0/s1. The van der Waals surface area contributed by atoms with Crippen LogP contribution in [0.3, 0.4) is 0 Å². The molecule has 0 amide bonds. The first-order chi connectivity index (χ1) is 8.26. The summed E-state index contributed by atoms with van der Waals surface area (Å²) in [7, 11) is -1.82. The van der Waals surface area contributed by atoms with Crippen LogP contribution in [0.1, 0.15) is 27.2 Å². The maximum atomic E-state index is 6.25. The van der Waals surface area contributed by atoms with Crippen LogP contribution in [0.4, 0.5) is 0 Å². The summed E-state index contributed by atoms with van der Waals surface area (Å²) in [6, 6.07) is 0. The molecule has 0 saturated carbocycles. The molecular formula is C14H26O3Si. The van der Waals surface area contributed by atoms with Crippen LogP contribution < -0.4 is 0 Å². The predicted molar refractivity (Wildman–Crippen MR) is 76.8 cm³/mol. The fraction of sp³-hybridized carbons (Fsp3) is 0.714. The first kappa shape index (κ1) is 15.6. The van der Waals surface area contributed by atoms with Crippen LogP contribution in [0.15, 0.2) is 24.8 Å². The molecular weight excluding hydrogens is 244 g/mol. The molecule has 1 heterocycles. The van der Waals surface area contributed by atoms with E-state index in [2.05, 4.69) is 46.5 Å². The second-order valence-corrected chi connectivity index (χ2v) is 10.8. The van der Waals surface area contributed by atoms with Crippen LogP contribution in [-0.2, 0) is 13.9 Å². The van der Waals surface area contributed by atoms with Crippen molar-refractivity contribution in [2.75, 3.05) is 6.61 Å². The summed E-state index contributed by atoms with van der Waals surface area (Å²) in [4.78, 5) is 0. The molecule has 104 valence electrons. The summed E-state index contributed by atoms with van der Waals surface area (Å²) < 4.78 is 17.5. The van der Waals surface area contributed by atoms with Gasteiger partial charge in [0.1, 0.15) is 0 Å². The van der Waals surface area contributed by atoms with Gasteiger partial charge in [0, 0.05) is 6.42 Å². The molecule has 18 heavy (non-hydrogen) atoms. The summed E-state index contributed by atoms with van der Waals surface area (Å²) in [5.41, 5.74) is 0. The molecule has 2 atom stereocenters. The van der Waals surface area contributed by atoms with Gasteiger partial charge >= 0.3 is 0 Å². The summed E-state index contributed by atoms with van der Waals surface area (Å²) in [5, 5.41) is 0.174. The van der Waals surface area contributed by atoms with Crippen LogP contribution in [0, 0.1) is 0 Å². The van der Waals surface area contributed by atoms with Crippen LogP contribution in [0.5, 0.6) is 0 Å². The lowest BCUT2D eigenvalue weighted by atomic mass is 10.2. The van der Waals surface area contributed by atoms with E-state index < -0.39 is 8.32 Å². The average Bonchev–Trinajstić information content (AvgIpc) is 2.20. The van der Waals surface area contributed by atoms with Crippen molar-refractivity contribution in [3.63, 3.8) is 0 Å². The van der Waals surface area contributed by atoms with Crippen molar-refractivity contribution in [2.24, 2.45) is 0 Å². The average molecular weight is 270 g/mol. The van der Waals surface area contributed by atoms with E-state index >= 15 is 0 Å². The Balaban J connectivity index is 2.71. The lowest BCUT2D eigenvalue weighted by molar-refractivity contribution is -0.198. The second kappa shape index (κ2) is 6.15. The van der Waals surface area contributed by atoms with Crippen molar-refractivity contribution in [1.29, 1.82) is 0 Å². The first-order valence-electron chi connectivity index (χ1n) is 6.49. The Morgan fingerprint density at radius 1 is 1.33 bits per heavy atom. The third-order valence-electron chi connectivity index (χ3n) is 3.56. The van der Waals surface area contributed by atoms with Crippen molar-refractivity contribution < 1.29 is 13.9 Å². The Labute approximate surface area is 112 Å². The fourth-order valence-corrected chi connectivity index (χ4v) is 2.54. The fourth-order valence-electron chi connectivity index (χ4n) is 1.38. The minimum atomic E-state index is -1.82. The molecule has 1 aliphatic rings. The Hall–Kier alpha value is -0.423. The Bertz CT molecular complexity index is 305. The third-order valence-corrected chi connectivity index (χ3v) is 8.03. The number of ether oxygens (including phenoxy) is 2. The number of hydrogen-bond donors (Lipinski definition) is 0.